The van der Waals surface area contributed by atoms with E-state index in [2.05, 4.69) is 159 Å². The molecule has 6 nitrogen and oxygen atoms in total. The van der Waals surface area contributed by atoms with Gasteiger partial charge in [0.2, 0.25) is 0 Å². The summed E-state index contributed by atoms with van der Waals surface area (Å²) >= 11 is 25.9. The molecule has 4 aromatic carbocycles. The van der Waals surface area contributed by atoms with Crippen LogP contribution in [0.4, 0.5) is 0 Å². The number of hydrogen-bond donors (Lipinski definition) is 2. The molecule has 0 heterocycles. The van der Waals surface area contributed by atoms with Gasteiger partial charge in [-0.2, -0.15) is 0 Å². The lowest BCUT2D eigenvalue weighted by molar-refractivity contribution is 0.0146. The second-order valence-electron chi connectivity index (χ2n) is 19.9. The van der Waals surface area contributed by atoms with Crippen LogP contribution in [0.1, 0.15) is 152 Å². The lowest BCUT2D eigenvalue weighted by Gasteiger charge is -2.30. The number of hydrogen-bond acceptors (Lipinski definition) is 6. The Hall–Kier alpha value is -0.860. The average Bonchev–Trinajstić information content (AvgIpc) is 3.20. The van der Waals surface area contributed by atoms with Crippen LogP contribution in [0.2, 0.25) is 0 Å². The molecule has 0 amide bonds. The molecule has 12 heteroatoms. The van der Waals surface area contributed by atoms with Crippen molar-refractivity contribution in [2.45, 2.75) is 132 Å². The Morgan fingerprint density at radius 3 is 0.734 bits per heavy atom. The number of benzene rings is 4. The van der Waals surface area contributed by atoms with Crippen molar-refractivity contribution >= 4 is 86.9 Å². The summed E-state index contributed by atoms with van der Waals surface area (Å²) in [6.45, 7) is 25.9. The van der Waals surface area contributed by atoms with Gasteiger partial charge >= 0.3 is 0 Å². The summed E-state index contributed by atoms with van der Waals surface area (Å²) in [5.74, 6) is 1.06. The molecule has 0 aromatic heterocycles. The van der Waals surface area contributed by atoms with Crippen LogP contribution in [0.15, 0.2) is 90.7 Å². The minimum Gasteiger partial charge on any atom is -0.392 e. The zero-order chi connectivity index (χ0) is 49.4. The van der Waals surface area contributed by atoms with Gasteiger partial charge in [-0.25, -0.2) is 0 Å². The first-order valence-corrected chi connectivity index (χ1v) is 25.4. The van der Waals surface area contributed by atoms with E-state index in [4.69, 9.17) is 52.4 Å². The van der Waals surface area contributed by atoms with Crippen molar-refractivity contribution in [1.29, 1.82) is 0 Å². The molecule has 0 spiro atoms. The van der Waals surface area contributed by atoms with E-state index in [0.29, 0.717) is 11.8 Å². The number of aliphatic hydroxyl groups is 2. The molecule has 4 atom stereocenters. The Labute approximate surface area is 430 Å². The fourth-order valence-corrected chi connectivity index (χ4v) is 9.48. The molecule has 4 aromatic rings. The van der Waals surface area contributed by atoms with Crippen LogP contribution in [0.25, 0.3) is 0 Å². The summed E-state index contributed by atoms with van der Waals surface area (Å²) in [6.07, 6.45) is 0.136. The van der Waals surface area contributed by atoms with Crippen molar-refractivity contribution < 1.29 is 29.2 Å². The SMILES string of the molecule is CO[C@@H](c1cc(CCl)ccc1Br)C(C)(C)C.CO[C@@H](c1cc(CO)ccc1Br)C(C)(C)C.CO[C@H](c1cc(CCl)ccc1Br)C(C)(C)C.CO[C@H](c1cc(CO)ccc1Br)C(C)(C)C. The number of halogens is 6. The number of ether oxygens (including phenoxy) is 4. The van der Waals surface area contributed by atoms with E-state index in [1.54, 1.807) is 28.4 Å². The van der Waals surface area contributed by atoms with Gasteiger partial charge in [-0.1, -0.05) is 183 Å². The van der Waals surface area contributed by atoms with E-state index >= 15 is 0 Å². The predicted octanol–water partition coefficient (Wildman–Crippen LogP) is 17.2. The van der Waals surface area contributed by atoms with Crippen LogP contribution in [0, 0.1) is 21.7 Å². The average molecular weight is 1190 g/mol. The van der Waals surface area contributed by atoms with Gasteiger partial charge in [-0.15, -0.1) is 23.2 Å². The summed E-state index contributed by atoms with van der Waals surface area (Å²) in [4.78, 5) is 0. The highest BCUT2D eigenvalue weighted by atomic mass is 79.9. The zero-order valence-electron chi connectivity index (χ0n) is 40.9. The number of rotatable bonds is 12. The molecule has 0 saturated heterocycles. The number of alkyl halides is 2. The molecule has 0 saturated carbocycles. The second kappa shape index (κ2) is 28.0. The highest BCUT2D eigenvalue weighted by molar-refractivity contribution is 9.11. The van der Waals surface area contributed by atoms with Crippen molar-refractivity contribution in [2.24, 2.45) is 21.7 Å². The lowest BCUT2D eigenvalue weighted by atomic mass is 9.84. The van der Waals surface area contributed by atoms with Crippen molar-refractivity contribution in [3.8, 4) is 0 Å². The van der Waals surface area contributed by atoms with Crippen LogP contribution >= 0.6 is 86.9 Å². The van der Waals surface area contributed by atoms with Crippen LogP contribution in [-0.4, -0.2) is 38.7 Å². The third kappa shape index (κ3) is 19.3. The van der Waals surface area contributed by atoms with Crippen LogP contribution < -0.4 is 0 Å². The topological polar surface area (TPSA) is 77.4 Å². The van der Waals surface area contributed by atoms with E-state index in [1.165, 1.54) is 0 Å². The van der Waals surface area contributed by atoms with Crippen LogP contribution in [0.3, 0.4) is 0 Å². The zero-order valence-corrected chi connectivity index (χ0v) is 48.7. The van der Waals surface area contributed by atoms with Gasteiger partial charge in [-0.05, 0) is 103 Å². The lowest BCUT2D eigenvalue weighted by Crippen LogP contribution is -2.20. The van der Waals surface area contributed by atoms with Crippen LogP contribution in [0.5, 0.6) is 0 Å². The molecular weight excluding hydrogens is 1110 g/mol. The summed E-state index contributed by atoms with van der Waals surface area (Å²) in [5.41, 5.74) is 8.69. The van der Waals surface area contributed by atoms with Gasteiger partial charge < -0.3 is 29.2 Å². The smallest absolute Gasteiger partial charge is 0.0880 e. The molecule has 2 N–H and O–H groups in total. The van der Waals surface area contributed by atoms with Gasteiger partial charge in [0, 0.05) is 58.1 Å². The Balaban J connectivity index is 0.000000427. The first-order chi connectivity index (χ1) is 29.6. The molecule has 0 aliphatic rings. The van der Waals surface area contributed by atoms with E-state index in [0.717, 1.165) is 62.4 Å². The summed E-state index contributed by atoms with van der Waals surface area (Å²) in [6, 6.07) is 24.0. The first-order valence-electron chi connectivity index (χ1n) is 21.2. The van der Waals surface area contributed by atoms with Crippen LogP contribution in [-0.2, 0) is 43.9 Å². The second-order valence-corrected chi connectivity index (χ2v) is 23.9. The van der Waals surface area contributed by atoms with E-state index < -0.39 is 0 Å². The summed E-state index contributed by atoms with van der Waals surface area (Å²) in [7, 11) is 6.92. The molecule has 4 rings (SSSR count). The van der Waals surface area contributed by atoms with E-state index in [9.17, 15) is 0 Å². The molecule has 0 aliphatic heterocycles. The van der Waals surface area contributed by atoms with E-state index in [1.807, 2.05) is 60.7 Å². The molecule has 0 fully saturated rings. The van der Waals surface area contributed by atoms with Gasteiger partial charge in [0.15, 0.2) is 0 Å². The molecule has 0 radical (unpaired) electrons. The van der Waals surface area contributed by atoms with Crippen molar-refractivity contribution in [3.63, 3.8) is 0 Å². The maximum atomic E-state index is 9.15. The fourth-order valence-electron chi connectivity index (χ4n) is 7.33. The Morgan fingerprint density at radius 1 is 0.391 bits per heavy atom. The molecular formula is C52H74Br4Cl2O6. The molecule has 360 valence electrons. The standard InChI is InChI=1S/2C13H18BrClO.2C13H19BrO2/c4*1-13(2,3)12(16-4)10-7-9(8-15)5-6-11(10)14/h2*5-7,12H,8H2,1-4H3;2*5-7,12,15H,8H2,1-4H3/t4*12-/m1010/s1. The van der Waals surface area contributed by atoms with Gasteiger partial charge in [0.05, 0.1) is 37.6 Å². The normalized spacial score (nSPS) is 13.9. The quantitative estimate of drug-likeness (QED) is 0.138. The van der Waals surface area contributed by atoms with Gasteiger partial charge in [0.25, 0.3) is 0 Å². The summed E-state index contributed by atoms with van der Waals surface area (Å²) < 4.78 is 26.5. The Morgan fingerprint density at radius 2 is 0.578 bits per heavy atom. The fraction of sp³-hybridized carbons (Fsp3) is 0.538. The minimum absolute atomic E-state index is 0.00775. The maximum Gasteiger partial charge on any atom is 0.0880 e. The Bertz CT molecular complexity index is 1710. The molecule has 0 bridgehead atoms. The number of aliphatic hydroxyl groups excluding tert-OH is 2. The maximum absolute atomic E-state index is 9.15. The summed E-state index contributed by atoms with van der Waals surface area (Å²) in [5, 5.41) is 18.3. The largest absolute Gasteiger partial charge is 0.392 e. The monoisotopic (exact) mass is 1180 g/mol. The number of methoxy groups -OCH3 is 4. The molecule has 0 aliphatic carbocycles. The van der Waals surface area contributed by atoms with Gasteiger partial charge in [0.1, 0.15) is 0 Å². The van der Waals surface area contributed by atoms with Gasteiger partial charge in [-0.3, -0.25) is 0 Å². The predicted molar refractivity (Wildman–Crippen MR) is 284 cm³/mol. The highest BCUT2D eigenvalue weighted by Crippen LogP contribution is 2.42. The third-order valence-electron chi connectivity index (χ3n) is 10.1. The first kappa shape index (κ1) is 61.2. The van der Waals surface area contributed by atoms with Crippen molar-refractivity contribution in [3.05, 3.63) is 135 Å². The van der Waals surface area contributed by atoms with Crippen molar-refractivity contribution in [1.82, 2.24) is 0 Å². The highest BCUT2D eigenvalue weighted by Gasteiger charge is 2.31. The minimum atomic E-state index is 0.00775. The van der Waals surface area contributed by atoms with E-state index in [-0.39, 0.29) is 59.3 Å². The van der Waals surface area contributed by atoms with Crippen molar-refractivity contribution in [2.75, 3.05) is 28.4 Å². The Kier molecular flexibility index (Phi) is 26.7. The molecule has 0 unspecified atom stereocenters. The molecule has 64 heavy (non-hydrogen) atoms. The third-order valence-corrected chi connectivity index (χ3v) is 13.6.